The summed E-state index contributed by atoms with van der Waals surface area (Å²) in [5.74, 6) is -0.417. The number of carbonyl (C=O) groups excluding carboxylic acids is 2. The van der Waals surface area contributed by atoms with Crippen LogP contribution in [0, 0.1) is 0 Å². The minimum Gasteiger partial charge on any atom is -0.448 e. The van der Waals surface area contributed by atoms with Gasteiger partial charge in [0, 0.05) is 0 Å². The number of primary amides is 1. The molecule has 2 amide bonds. The van der Waals surface area contributed by atoms with Crippen molar-refractivity contribution in [3.8, 4) is 0 Å². The molecule has 0 bridgehead atoms. The van der Waals surface area contributed by atoms with Gasteiger partial charge in [-0.15, -0.1) is 0 Å². The van der Waals surface area contributed by atoms with Crippen LogP contribution < -0.4 is 16.8 Å². The van der Waals surface area contributed by atoms with Crippen molar-refractivity contribution in [2.75, 3.05) is 18.9 Å². The molecule has 6 N–H and O–H groups in total. The minimum atomic E-state index is -0.881. The molecule has 0 fully saturated rings. The number of nitrogens with two attached hydrogens (primary N) is 2. The number of aryl methyl sites for hydroxylation is 1. The van der Waals surface area contributed by atoms with Crippen LogP contribution in [0.2, 0.25) is 0 Å². The Balaban J connectivity index is 2.49. The molecule has 8 nitrogen and oxygen atoms in total. The van der Waals surface area contributed by atoms with E-state index in [9.17, 15) is 9.59 Å². The van der Waals surface area contributed by atoms with Crippen LogP contribution in [0.4, 0.5) is 10.5 Å². The van der Waals surface area contributed by atoms with Gasteiger partial charge in [0.25, 0.3) is 5.91 Å². The van der Waals surface area contributed by atoms with Gasteiger partial charge in [0.05, 0.1) is 17.9 Å². The summed E-state index contributed by atoms with van der Waals surface area (Å²) in [6.45, 7) is 2.16. The average Bonchev–Trinajstić information content (AvgIpc) is 2.67. The van der Waals surface area contributed by atoms with E-state index >= 15 is 0 Å². The number of carbonyl (C=O) groups is 2. The zero-order valence-corrected chi connectivity index (χ0v) is 10.2. The third-order valence-electron chi connectivity index (χ3n) is 2.23. The zero-order chi connectivity index (χ0) is 13.5. The molecular formula is C10H17N5O3. The lowest BCUT2D eigenvalue weighted by atomic mass is 10.2. The summed E-state index contributed by atoms with van der Waals surface area (Å²) in [6, 6.07) is 0. The fraction of sp³-hybridized carbons (Fsp3) is 0.500. The molecule has 0 unspecified atom stereocenters. The van der Waals surface area contributed by atoms with Crippen LogP contribution in [0.5, 0.6) is 0 Å². The zero-order valence-electron chi connectivity index (χ0n) is 10.2. The Labute approximate surface area is 104 Å². The normalized spacial score (nSPS) is 10.1. The number of amides is 2. The van der Waals surface area contributed by atoms with Crippen molar-refractivity contribution in [1.29, 1.82) is 0 Å². The summed E-state index contributed by atoms with van der Waals surface area (Å²) in [5, 5.41) is 9.09. The number of anilines is 1. The first-order valence-corrected chi connectivity index (χ1v) is 5.59. The maximum Gasteiger partial charge on any atom is 0.404 e. The summed E-state index contributed by atoms with van der Waals surface area (Å²) < 4.78 is 4.47. The Kier molecular flexibility index (Phi) is 4.97. The second-order valence-corrected chi connectivity index (χ2v) is 3.64. The van der Waals surface area contributed by atoms with Crippen LogP contribution >= 0.6 is 0 Å². The second kappa shape index (κ2) is 6.48. The molecule has 8 heteroatoms. The molecule has 0 aliphatic rings. The van der Waals surface area contributed by atoms with E-state index in [0.29, 0.717) is 5.69 Å². The van der Waals surface area contributed by atoms with E-state index < -0.39 is 12.0 Å². The second-order valence-electron chi connectivity index (χ2n) is 3.64. The quantitative estimate of drug-likeness (QED) is 0.520. The highest BCUT2D eigenvalue weighted by Gasteiger charge is 2.16. The molecule has 1 heterocycles. The van der Waals surface area contributed by atoms with E-state index in [1.807, 2.05) is 6.92 Å². The van der Waals surface area contributed by atoms with Crippen molar-refractivity contribution in [2.24, 2.45) is 5.73 Å². The first-order valence-electron chi connectivity index (χ1n) is 5.59. The molecule has 0 atom stereocenters. The Morgan fingerprint density at radius 2 is 2.22 bits per heavy atom. The molecule has 0 saturated heterocycles. The number of aromatic amines is 1. The number of H-pyrrole nitrogens is 1. The Bertz CT molecular complexity index is 429. The van der Waals surface area contributed by atoms with Gasteiger partial charge in [-0.1, -0.05) is 13.3 Å². The van der Waals surface area contributed by atoms with Crippen LogP contribution in [0.3, 0.4) is 0 Å². The minimum absolute atomic E-state index is 0.00716. The van der Waals surface area contributed by atoms with E-state index in [4.69, 9.17) is 11.5 Å². The highest BCUT2D eigenvalue weighted by molar-refractivity contribution is 5.97. The molecule has 0 radical (unpaired) electrons. The fourth-order valence-corrected chi connectivity index (χ4v) is 1.40. The van der Waals surface area contributed by atoms with Gasteiger partial charge in [-0.25, -0.2) is 4.79 Å². The van der Waals surface area contributed by atoms with Crippen molar-refractivity contribution >= 4 is 17.7 Å². The number of nitrogens with one attached hydrogen (secondary N) is 2. The number of nitrogen functional groups attached to an aromatic ring is 1. The third-order valence-corrected chi connectivity index (χ3v) is 2.23. The molecule has 0 aliphatic carbocycles. The van der Waals surface area contributed by atoms with Crippen LogP contribution in [0.25, 0.3) is 0 Å². The molecule has 0 spiro atoms. The van der Waals surface area contributed by atoms with Gasteiger partial charge in [0.15, 0.2) is 5.69 Å². The first-order chi connectivity index (χ1) is 8.56. The van der Waals surface area contributed by atoms with Crippen LogP contribution in [0.1, 0.15) is 29.5 Å². The van der Waals surface area contributed by atoms with E-state index in [1.165, 1.54) is 0 Å². The summed E-state index contributed by atoms with van der Waals surface area (Å²) in [6.07, 6.45) is 0.755. The van der Waals surface area contributed by atoms with Gasteiger partial charge in [-0.05, 0) is 6.42 Å². The summed E-state index contributed by atoms with van der Waals surface area (Å²) in [7, 11) is 0. The Hall–Kier alpha value is -2.25. The van der Waals surface area contributed by atoms with Crippen LogP contribution in [-0.4, -0.2) is 35.3 Å². The lowest BCUT2D eigenvalue weighted by molar-refractivity contribution is 0.0932. The van der Waals surface area contributed by atoms with E-state index in [0.717, 1.165) is 18.5 Å². The molecule has 0 saturated carbocycles. The SMILES string of the molecule is CCCc1[nH]nc(C(=O)NCCOC(N)=O)c1N. The van der Waals surface area contributed by atoms with Crippen molar-refractivity contribution in [3.05, 3.63) is 11.4 Å². The van der Waals surface area contributed by atoms with Gasteiger partial charge < -0.3 is 21.5 Å². The largest absolute Gasteiger partial charge is 0.448 e. The number of ether oxygens (including phenoxy) is 1. The highest BCUT2D eigenvalue weighted by atomic mass is 16.5. The van der Waals surface area contributed by atoms with Gasteiger partial charge in [-0.2, -0.15) is 5.10 Å². The average molecular weight is 255 g/mol. The molecule has 1 aromatic heterocycles. The van der Waals surface area contributed by atoms with Crippen LogP contribution in [-0.2, 0) is 11.2 Å². The molecule has 18 heavy (non-hydrogen) atoms. The number of rotatable bonds is 6. The Morgan fingerprint density at radius 1 is 1.50 bits per heavy atom. The van der Waals surface area contributed by atoms with E-state index in [1.54, 1.807) is 0 Å². The maximum atomic E-state index is 11.7. The molecule has 100 valence electrons. The molecule has 0 aromatic carbocycles. The van der Waals surface area contributed by atoms with Crippen LogP contribution in [0.15, 0.2) is 0 Å². The lowest BCUT2D eigenvalue weighted by Crippen LogP contribution is -2.29. The van der Waals surface area contributed by atoms with Crippen molar-refractivity contribution < 1.29 is 14.3 Å². The first kappa shape index (κ1) is 13.8. The summed E-state index contributed by atoms with van der Waals surface area (Å²) >= 11 is 0. The Morgan fingerprint density at radius 3 is 2.83 bits per heavy atom. The molecule has 1 rings (SSSR count). The number of hydrogen-bond donors (Lipinski definition) is 4. The van der Waals surface area contributed by atoms with Crippen molar-refractivity contribution in [3.63, 3.8) is 0 Å². The van der Waals surface area contributed by atoms with Gasteiger partial charge in [0.1, 0.15) is 6.61 Å². The predicted octanol–water partition coefficient (Wildman–Crippen LogP) is -0.230. The van der Waals surface area contributed by atoms with E-state index in [-0.39, 0.29) is 18.8 Å². The highest BCUT2D eigenvalue weighted by Crippen LogP contribution is 2.15. The van der Waals surface area contributed by atoms with Gasteiger partial charge >= 0.3 is 6.09 Å². The molecular weight excluding hydrogens is 238 g/mol. The van der Waals surface area contributed by atoms with Crippen molar-refractivity contribution in [2.45, 2.75) is 19.8 Å². The molecule has 0 aliphatic heterocycles. The fourth-order valence-electron chi connectivity index (χ4n) is 1.40. The summed E-state index contributed by atoms with van der Waals surface area (Å²) in [4.78, 5) is 22.0. The topological polar surface area (TPSA) is 136 Å². The van der Waals surface area contributed by atoms with Gasteiger partial charge in [0.2, 0.25) is 0 Å². The third kappa shape index (κ3) is 3.65. The smallest absolute Gasteiger partial charge is 0.404 e. The number of aromatic nitrogens is 2. The van der Waals surface area contributed by atoms with E-state index in [2.05, 4.69) is 20.3 Å². The lowest BCUT2D eigenvalue weighted by Gasteiger charge is -2.03. The number of nitrogens with zero attached hydrogens (tertiary/aromatic N) is 1. The van der Waals surface area contributed by atoms with Gasteiger partial charge in [-0.3, -0.25) is 9.89 Å². The number of hydrogen-bond acceptors (Lipinski definition) is 5. The maximum absolute atomic E-state index is 11.7. The monoisotopic (exact) mass is 255 g/mol. The van der Waals surface area contributed by atoms with Crippen molar-refractivity contribution in [1.82, 2.24) is 15.5 Å². The predicted molar refractivity (Wildman–Crippen MR) is 64.9 cm³/mol. The molecule has 1 aromatic rings. The summed E-state index contributed by atoms with van der Waals surface area (Å²) in [5.41, 5.74) is 11.8. The standard InChI is InChI=1S/C10H17N5O3/c1-2-3-6-7(11)8(15-14-6)9(16)13-4-5-18-10(12)17/h2-5,11H2,1H3,(H2,12,17)(H,13,16)(H,14,15).